The molecule has 0 radical (unpaired) electrons. The molecular weight excluding hydrogens is 466 g/mol. The zero-order valence-electron chi connectivity index (χ0n) is 20.5. The smallest absolute Gasteiger partial charge is 0.326 e. The Morgan fingerprint density at radius 3 is 1.61 bits per heavy atom. The van der Waals surface area contributed by atoms with Crippen molar-refractivity contribution in [2.75, 3.05) is 0 Å². The molecule has 0 aromatic heterocycles. The monoisotopic (exact) mass is 499 g/mol. The molecule has 0 saturated carbocycles. The van der Waals surface area contributed by atoms with Gasteiger partial charge >= 0.3 is 5.97 Å². The minimum absolute atomic E-state index is 0.0245. The molecule has 4 atom stereocenters. The number of phenolic OH excluding ortho intramolecular Hbond substituents is 2. The number of aromatic hydroxyl groups is 2. The van der Waals surface area contributed by atoms with Gasteiger partial charge in [0.25, 0.3) is 0 Å². The van der Waals surface area contributed by atoms with Crippen LogP contribution in [-0.4, -0.2) is 57.1 Å². The van der Waals surface area contributed by atoms with Crippen molar-refractivity contribution in [2.45, 2.75) is 58.2 Å². The number of carboxylic acids is 1. The number of carbonyl (C=O) groups excluding carboxylic acids is 3. The maximum atomic E-state index is 13.2. The van der Waals surface area contributed by atoms with Gasteiger partial charge in [0.1, 0.15) is 29.6 Å². The molecule has 0 saturated heterocycles. The average Bonchev–Trinajstić information content (AvgIpc) is 2.83. The number of rotatable bonds is 12. The fourth-order valence-corrected chi connectivity index (χ4v) is 3.60. The highest BCUT2D eigenvalue weighted by Gasteiger charge is 2.31. The van der Waals surface area contributed by atoms with Crippen molar-refractivity contribution >= 4 is 23.7 Å². The fraction of sp³-hybridized carbons (Fsp3) is 0.385. The number of phenols is 2. The summed E-state index contributed by atoms with van der Waals surface area (Å²) in [6, 6.07) is 8.68. The molecule has 6 N–H and O–H groups in total. The van der Waals surface area contributed by atoms with Crippen LogP contribution in [-0.2, 0) is 32.0 Å². The van der Waals surface area contributed by atoms with Crippen LogP contribution in [0.4, 0.5) is 0 Å². The first kappa shape index (κ1) is 28.2. The van der Waals surface area contributed by atoms with E-state index < -0.39 is 41.8 Å². The van der Waals surface area contributed by atoms with Crippen molar-refractivity contribution in [3.8, 4) is 11.5 Å². The molecule has 10 heteroatoms. The molecule has 2 aromatic rings. The zero-order chi connectivity index (χ0) is 26.8. The lowest BCUT2D eigenvalue weighted by molar-refractivity contribution is -0.142. The van der Waals surface area contributed by atoms with E-state index in [9.17, 15) is 34.5 Å². The number of aliphatic carboxylic acids is 1. The van der Waals surface area contributed by atoms with E-state index in [0.29, 0.717) is 17.5 Å². The van der Waals surface area contributed by atoms with Gasteiger partial charge in [-0.3, -0.25) is 14.4 Å². The SMILES string of the molecule is CC[C@@H](C)[C@H](NC(C)=O)C(=O)N[C@@H](Cc1ccc(O)cc1)C(=O)N[C@@H](Cc1ccc(O)cc1)C(=O)O. The minimum atomic E-state index is -1.29. The summed E-state index contributed by atoms with van der Waals surface area (Å²) in [7, 11) is 0. The summed E-state index contributed by atoms with van der Waals surface area (Å²) in [6.45, 7) is 4.96. The van der Waals surface area contributed by atoms with E-state index in [-0.39, 0.29) is 30.3 Å². The average molecular weight is 500 g/mol. The molecule has 2 aromatic carbocycles. The lowest BCUT2D eigenvalue weighted by Gasteiger charge is -2.27. The van der Waals surface area contributed by atoms with E-state index in [1.807, 2.05) is 6.92 Å². The predicted molar refractivity (Wildman–Crippen MR) is 132 cm³/mol. The Kier molecular flexibility index (Phi) is 10.3. The Morgan fingerprint density at radius 2 is 1.19 bits per heavy atom. The second-order valence-electron chi connectivity index (χ2n) is 8.77. The van der Waals surface area contributed by atoms with Crippen molar-refractivity contribution in [2.24, 2.45) is 5.92 Å². The van der Waals surface area contributed by atoms with Gasteiger partial charge in [0.05, 0.1) is 0 Å². The van der Waals surface area contributed by atoms with Crippen molar-refractivity contribution < 1.29 is 34.5 Å². The molecule has 0 spiro atoms. The van der Waals surface area contributed by atoms with E-state index >= 15 is 0 Å². The van der Waals surface area contributed by atoms with Crippen LogP contribution in [0.25, 0.3) is 0 Å². The molecule has 2 rings (SSSR count). The number of nitrogens with one attached hydrogen (secondary N) is 3. The lowest BCUT2D eigenvalue weighted by Crippen LogP contribution is -2.57. The second kappa shape index (κ2) is 13.1. The van der Waals surface area contributed by atoms with Crippen LogP contribution in [0.3, 0.4) is 0 Å². The third-order valence-corrected chi connectivity index (χ3v) is 5.85. The molecule has 0 unspecified atom stereocenters. The van der Waals surface area contributed by atoms with Gasteiger partial charge in [-0.15, -0.1) is 0 Å². The summed E-state index contributed by atoms with van der Waals surface area (Å²) < 4.78 is 0. The van der Waals surface area contributed by atoms with Gasteiger partial charge in [-0.2, -0.15) is 0 Å². The van der Waals surface area contributed by atoms with Gasteiger partial charge in [-0.05, 0) is 41.3 Å². The third-order valence-electron chi connectivity index (χ3n) is 5.85. The molecule has 0 heterocycles. The van der Waals surface area contributed by atoms with E-state index in [4.69, 9.17) is 0 Å². The van der Waals surface area contributed by atoms with E-state index in [1.165, 1.54) is 31.2 Å². The van der Waals surface area contributed by atoms with Crippen LogP contribution >= 0.6 is 0 Å². The largest absolute Gasteiger partial charge is 0.508 e. The summed E-state index contributed by atoms with van der Waals surface area (Å²) in [5.74, 6) is -3.09. The van der Waals surface area contributed by atoms with E-state index in [1.54, 1.807) is 31.2 Å². The predicted octanol–water partition coefficient (Wildman–Crippen LogP) is 1.49. The molecule has 10 nitrogen and oxygen atoms in total. The number of carbonyl (C=O) groups is 4. The Hall–Kier alpha value is -4.08. The maximum absolute atomic E-state index is 13.2. The highest BCUT2D eigenvalue weighted by atomic mass is 16.4. The second-order valence-corrected chi connectivity index (χ2v) is 8.77. The van der Waals surface area contributed by atoms with Gasteiger partial charge < -0.3 is 31.3 Å². The van der Waals surface area contributed by atoms with Gasteiger partial charge in [0, 0.05) is 19.8 Å². The van der Waals surface area contributed by atoms with Crippen LogP contribution in [0.15, 0.2) is 48.5 Å². The number of amides is 3. The van der Waals surface area contributed by atoms with E-state index in [0.717, 1.165) is 0 Å². The number of carboxylic acid groups (broad SMARTS) is 1. The van der Waals surface area contributed by atoms with Crippen molar-refractivity contribution in [1.82, 2.24) is 16.0 Å². The molecular formula is C26H33N3O7. The Balaban J connectivity index is 2.27. The van der Waals surface area contributed by atoms with Crippen molar-refractivity contribution in [3.63, 3.8) is 0 Å². The highest BCUT2D eigenvalue weighted by molar-refractivity contribution is 5.93. The quantitative estimate of drug-likeness (QED) is 0.257. The lowest BCUT2D eigenvalue weighted by atomic mass is 9.97. The first-order valence-electron chi connectivity index (χ1n) is 11.7. The van der Waals surface area contributed by atoms with Crippen molar-refractivity contribution in [1.29, 1.82) is 0 Å². The van der Waals surface area contributed by atoms with Crippen LogP contribution in [0.1, 0.15) is 38.3 Å². The fourth-order valence-electron chi connectivity index (χ4n) is 3.60. The number of hydrogen-bond donors (Lipinski definition) is 6. The topological polar surface area (TPSA) is 165 Å². The molecule has 0 aliphatic carbocycles. The number of benzene rings is 2. The summed E-state index contributed by atoms with van der Waals surface area (Å²) in [5.41, 5.74) is 1.21. The summed E-state index contributed by atoms with van der Waals surface area (Å²) in [5, 5.41) is 36.5. The molecule has 0 fully saturated rings. The highest BCUT2D eigenvalue weighted by Crippen LogP contribution is 2.14. The summed E-state index contributed by atoms with van der Waals surface area (Å²) in [4.78, 5) is 49.9. The Labute approximate surface area is 209 Å². The maximum Gasteiger partial charge on any atom is 0.326 e. The summed E-state index contributed by atoms with van der Waals surface area (Å²) in [6.07, 6.45) is 0.584. The standard InChI is InChI=1S/C26H33N3O7/c1-4-15(2)23(27-16(3)30)25(34)28-21(13-17-5-9-19(31)10-6-17)24(33)29-22(26(35)36)14-18-7-11-20(32)12-8-18/h5-12,15,21-23,31-32H,4,13-14H2,1-3H3,(H,27,30)(H,28,34)(H,29,33)(H,35,36)/t15-,21+,22+,23+/m1/s1. The molecule has 194 valence electrons. The van der Waals surface area contributed by atoms with E-state index in [2.05, 4.69) is 16.0 Å². The van der Waals surface area contributed by atoms with Gasteiger partial charge in [0.15, 0.2) is 0 Å². The molecule has 0 aliphatic heterocycles. The van der Waals surface area contributed by atoms with Crippen LogP contribution in [0, 0.1) is 5.92 Å². The van der Waals surface area contributed by atoms with Gasteiger partial charge in [0.2, 0.25) is 17.7 Å². The Bertz CT molecular complexity index is 1050. The molecule has 3 amide bonds. The molecule has 0 bridgehead atoms. The third kappa shape index (κ3) is 8.61. The Morgan fingerprint density at radius 1 is 0.750 bits per heavy atom. The van der Waals surface area contributed by atoms with Crippen molar-refractivity contribution in [3.05, 3.63) is 59.7 Å². The van der Waals surface area contributed by atoms with Crippen LogP contribution in [0.5, 0.6) is 11.5 Å². The first-order valence-corrected chi connectivity index (χ1v) is 11.7. The van der Waals surface area contributed by atoms with Gasteiger partial charge in [-0.1, -0.05) is 44.5 Å². The van der Waals surface area contributed by atoms with Gasteiger partial charge in [-0.25, -0.2) is 4.79 Å². The normalized spacial score (nSPS) is 14.1. The first-order chi connectivity index (χ1) is 17.0. The van der Waals surface area contributed by atoms with Crippen LogP contribution in [0.2, 0.25) is 0 Å². The minimum Gasteiger partial charge on any atom is -0.508 e. The van der Waals surface area contributed by atoms with Crippen LogP contribution < -0.4 is 16.0 Å². The number of hydrogen-bond acceptors (Lipinski definition) is 6. The zero-order valence-corrected chi connectivity index (χ0v) is 20.5. The molecule has 0 aliphatic rings. The molecule has 36 heavy (non-hydrogen) atoms. The summed E-state index contributed by atoms with van der Waals surface area (Å²) >= 11 is 0.